The summed E-state index contributed by atoms with van der Waals surface area (Å²) in [7, 11) is 0. The highest BCUT2D eigenvalue weighted by atomic mass is 16.4. The van der Waals surface area contributed by atoms with Gasteiger partial charge in [0.25, 0.3) is 0 Å². The van der Waals surface area contributed by atoms with E-state index in [1.54, 1.807) is 12.1 Å². The average Bonchev–Trinajstić information content (AvgIpc) is 2.94. The first-order valence-corrected chi connectivity index (χ1v) is 7.60. The molecular formula is C20H14N2O2. The van der Waals surface area contributed by atoms with Crippen molar-refractivity contribution in [1.82, 2.24) is 0 Å². The van der Waals surface area contributed by atoms with Crippen molar-refractivity contribution in [2.45, 2.75) is 0 Å². The van der Waals surface area contributed by atoms with E-state index in [0.29, 0.717) is 0 Å². The zero-order valence-corrected chi connectivity index (χ0v) is 12.7. The summed E-state index contributed by atoms with van der Waals surface area (Å²) in [6, 6.07) is 22.8. The third kappa shape index (κ3) is 2.34. The van der Waals surface area contributed by atoms with E-state index < -0.39 is 5.97 Å². The topological polar surface area (TPSA) is 61.7 Å². The molecule has 0 fully saturated rings. The maximum absolute atomic E-state index is 11.3. The van der Waals surface area contributed by atoms with Crippen LogP contribution in [0.3, 0.4) is 0 Å². The highest BCUT2D eigenvalue weighted by Gasteiger charge is 2.25. The standard InChI is InChI=1S/C20H14N2O2/c23-20(24)13-10-11-16-15-8-4-5-9-17(15)19(18(16)12-13)22-21-14-6-2-1-3-7-14/h1-12,21H,(H,23,24)/b22-19-. The summed E-state index contributed by atoms with van der Waals surface area (Å²) in [6.07, 6.45) is 0. The Kier molecular flexibility index (Phi) is 3.35. The number of carbonyl (C=O) groups is 1. The van der Waals surface area contributed by atoms with Gasteiger partial charge in [-0.25, -0.2) is 4.79 Å². The summed E-state index contributed by atoms with van der Waals surface area (Å²) in [5, 5.41) is 13.8. The van der Waals surface area contributed by atoms with Gasteiger partial charge in [-0.2, -0.15) is 5.10 Å². The molecule has 4 nitrogen and oxygen atoms in total. The number of nitrogens with one attached hydrogen (secondary N) is 1. The molecule has 0 amide bonds. The van der Waals surface area contributed by atoms with Gasteiger partial charge in [-0.05, 0) is 35.4 Å². The Morgan fingerprint density at radius 1 is 0.792 bits per heavy atom. The Bertz CT molecular complexity index is 962. The van der Waals surface area contributed by atoms with Crippen LogP contribution >= 0.6 is 0 Å². The second-order valence-corrected chi connectivity index (χ2v) is 5.55. The van der Waals surface area contributed by atoms with E-state index >= 15 is 0 Å². The Morgan fingerprint density at radius 2 is 1.46 bits per heavy atom. The van der Waals surface area contributed by atoms with E-state index in [2.05, 4.69) is 10.5 Å². The number of para-hydroxylation sites is 1. The van der Waals surface area contributed by atoms with Crippen LogP contribution in [0.5, 0.6) is 0 Å². The van der Waals surface area contributed by atoms with Gasteiger partial charge in [0.15, 0.2) is 0 Å². The van der Waals surface area contributed by atoms with E-state index in [0.717, 1.165) is 33.7 Å². The SMILES string of the molecule is O=C(O)c1ccc2c(c1)/C(=N\Nc1ccccc1)c1ccccc1-2. The van der Waals surface area contributed by atoms with Gasteiger partial charge in [-0.1, -0.05) is 48.5 Å². The highest BCUT2D eigenvalue weighted by Crippen LogP contribution is 2.37. The zero-order valence-electron chi connectivity index (χ0n) is 12.7. The van der Waals surface area contributed by atoms with Gasteiger partial charge in [0.05, 0.1) is 17.0 Å². The molecule has 1 aliphatic carbocycles. The molecule has 4 heteroatoms. The molecular weight excluding hydrogens is 300 g/mol. The summed E-state index contributed by atoms with van der Waals surface area (Å²) < 4.78 is 0. The number of hydrogen-bond acceptors (Lipinski definition) is 3. The van der Waals surface area contributed by atoms with Crippen LogP contribution in [0.1, 0.15) is 21.5 Å². The number of hydrazone groups is 1. The maximum Gasteiger partial charge on any atom is 0.335 e. The van der Waals surface area contributed by atoms with Crippen LogP contribution in [0.4, 0.5) is 5.69 Å². The molecule has 0 radical (unpaired) electrons. The molecule has 3 aromatic rings. The molecule has 0 atom stereocenters. The van der Waals surface area contributed by atoms with Gasteiger partial charge in [0, 0.05) is 11.1 Å². The number of carboxylic acids is 1. The number of rotatable bonds is 3. The highest BCUT2D eigenvalue weighted by molar-refractivity contribution is 6.25. The monoisotopic (exact) mass is 314 g/mol. The van der Waals surface area contributed by atoms with Gasteiger partial charge in [-0.3, -0.25) is 5.43 Å². The number of benzene rings is 3. The molecule has 0 aromatic heterocycles. The minimum atomic E-state index is -0.941. The summed E-state index contributed by atoms with van der Waals surface area (Å²) in [4.78, 5) is 11.3. The lowest BCUT2D eigenvalue weighted by Crippen LogP contribution is -2.04. The maximum atomic E-state index is 11.3. The number of nitrogens with zero attached hydrogens (tertiary/aromatic N) is 1. The van der Waals surface area contributed by atoms with Crippen molar-refractivity contribution in [3.05, 3.63) is 89.5 Å². The molecule has 2 N–H and O–H groups in total. The lowest BCUT2D eigenvalue weighted by Gasteiger charge is -2.05. The molecule has 0 saturated carbocycles. The Labute approximate surface area is 139 Å². The van der Waals surface area contributed by atoms with Crippen LogP contribution in [0.25, 0.3) is 11.1 Å². The largest absolute Gasteiger partial charge is 0.478 e. The van der Waals surface area contributed by atoms with E-state index in [9.17, 15) is 9.90 Å². The third-order valence-corrected chi connectivity index (χ3v) is 4.06. The predicted octanol–water partition coefficient (Wildman–Crippen LogP) is 4.23. The van der Waals surface area contributed by atoms with Gasteiger partial charge in [-0.15, -0.1) is 0 Å². The fourth-order valence-electron chi connectivity index (χ4n) is 2.93. The first-order chi connectivity index (χ1) is 11.7. The molecule has 4 rings (SSSR count). The molecule has 0 heterocycles. The Morgan fingerprint density at radius 3 is 2.21 bits per heavy atom. The van der Waals surface area contributed by atoms with Crippen molar-refractivity contribution in [3.63, 3.8) is 0 Å². The number of carboxylic acid groups (broad SMARTS) is 1. The third-order valence-electron chi connectivity index (χ3n) is 4.06. The first-order valence-electron chi connectivity index (χ1n) is 7.60. The smallest absolute Gasteiger partial charge is 0.335 e. The van der Waals surface area contributed by atoms with Gasteiger partial charge in [0.1, 0.15) is 0 Å². The number of anilines is 1. The van der Waals surface area contributed by atoms with Crippen molar-refractivity contribution in [2.75, 3.05) is 5.43 Å². The van der Waals surface area contributed by atoms with Crippen molar-refractivity contribution >= 4 is 17.4 Å². The molecule has 0 saturated heterocycles. The van der Waals surface area contributed by atoms with Crippen LogP contribution in [0, 0.1) is 0 Å². The number of hydrogen-bond donors (Lipinski definition) is 2. The lowest BCUT2D eigenvalue weighted by molar-refractivity contribution is 0.0697. The van der Waals surface area contributed by atoms with Crippen LogP contribution in [-0.2, 0) is 0 Å². The number of fused-ring (bicyclic) bond motifs is 3. The quantitative estimate of drug-likeness (QED) is 0.556. The molecule has 3 aromatic carbocycles. The first kappa shape index (κ1) is 14.2. The molecule has 0 spiro atoms. The lowest BCUT2D eigenvalue weighted by atomic mass is 10.0. The van der Waals surface area contributed by atoms with Crippen molar-refractivity contribution in [3.8, 4) is 11.1 Å². The Hall–Kier alpha value is -3.40. The van der Waals surface area contributed by atoms with Crippen LogP contribution in [-0.4, -0.2) is 16.8 Å². The molecule has 116 valence electrons. The minimum Gasteiger partial charge on any atom is -0.478 e. The normalized spacial score (nSPS) is 13.4. The Balaban J connectivity index is 1.84. The molecule has 1 aliphatic rings. The second kappa shape index (κ2) is 5.66. The van der Waals surface area contributed by atoms with E-state index in [4.69, 9.17) is 0 Å². The summed E-state index contributed by atoms with van der Waals surface area (Å²) in [5.74, 6) is -0.941. The van der Waals surface area contributed by atoms with Crippen molar-refractivity contribution in [2.24, 2.45) is 5.10 Å². The van der Waals surface area contributed by atoms with Crippen molar-refractivity contribution in [1.29, 1.82) is 0 Å². The predicted molar refractivity (Wildman–Crippen MR) is 94.5 cm³/mol. The van der Waals surface area contributed by atoms with Gasteiger partial charge < -0.3 is 5.11 Å². The summed E-state index contributed by atoms with van der Waals surface area (Å²) in [5.41, 5.74) is 8.86. The number of aromatic carboxylic acids is 1. The van der Waals surface area contributed by atoms with Crippen LogP contribution in [0.15, 0.2) is 77.9 Å². The molecule has 0 aliphatic heterocycles. The fraction of sp³-hybridized carbons (Fsp3) is 0. The summed E-state index contributed by atoms with van der Waals surface area (Å²) in [6.45, 7) is 0. The van der Waals surface area contributed by atoms with E-state index in [1.807, 2.05) is 60.7 Å². The zero-order chi connectivity index (χ0) is 16.5. The summed E-state index contributed by atoms with van der Waals surface area (Å²) >= 11 is 0. The fourth-order valence-corrected chi connectivity index (χ4v) is 2.93. The van der Waals surface area contributed by atoms with E-state index in [-0.39, 0.29) is 5.56 Å². The van der Waals surface area contributed by atoms with Crippen LogP contribution in [0.2, 0.25) is 0 Å². The van der Waals surface area contributed by atoms with Crippen LogP contribution < -0.4 is 5.43 Å². The molecule has 0 bridgehead atoms. The average molecular weight is 314 g/mol. The van der Waals surface area contributed by atoms with Crippen molar-refractivity contribution < 1.29 is 9.90 Å². The minimum absolute atomic E-state index is 0.258. The molecule has 24 heavy (non-hydrogen) atoms. The van der Waals surface area contributed by atoms with Gasteiger partial charge >= 0.3 is 5.97 Å². The van der Waals surface area contributed by atoms with Gasteiger partial charge in [0.2, 0.25) is 0 Å². The second-order valence-electron chi connectivity index (χ2n) is 5.55. The van der Waals surface area contributed by atoms with E-state index in [1.165, 1.54) is 0 Å². The molecule has 0 unspecified atom stereocenters.